The summed E-state index contributed by atoms with van der Waals surface area (Å²) >= 11 is 11.7. The van der Waals surface area contributed by atoms with Crippen molar-refractivity contribution < 1.29 is 9.36 Å². The lowest BCUT2D eigenvalue weighted by Crippen LogP contribution is -1.98. The van der Waals surface area contributed by atoms with Crippen LogP contribution in [-0.2, 0) is 11.4 Å². The second-order valence-electron chi connectivity index (χ2n) is 2.95. The highest BCUT2D eigenvalue weighted by Gasteiger charge is 2.09. The fraction of sp³-hybridized carbons (Fsp3) is 0.111. The third kappa shape index (κ3) is 2.33. The second kappa shape index (κ2) is 4.80. The minimum absolute atomic E-state index is 0.0638. The maximum absolute atomic E-state index is 5.87. The van der Waals surface area contributed by atoms with Crippen molar-refractivity contribution in [2.24, 2.45) is 5.90 Å². The SMILES string of the molecule is NOCc1nc(-c2ccc(Cl)c(Cl)c2)no1. The summed E-state index contributed by atoms with van der Waals surface area (Å²) in [6.45, 7) is 0.0638. The molecule has 0 radical (unpaired) electrons. The Labute approximate surface area is 101 Å². The van der Waals surface area contributed by atoms with Gasteiger partial charge in [0.05, 0.1) is 10.0 Å². The van der Waals surface area contributed by atoms with Crippen molar-refractivity contribution in [2.45, 2.75) is 6.61 Å². The van der Waals surface area contributed by atoms with Crippen LogP contribution < -0.4 is 5.90 Å². The van der Waals surface area contributed by atoms with Crippen LogP contribution in [0.1, 0.15) is 5.89 Å². The number of hydrogen-bond acceptors (Lipinski definition) is 5. The highest BCUT2D eigenvalue weighted by atomic mass is 35.5. The summed E-state index contributed by atoms with van der Waals surface area (Å²) in [5.41, 5.74) is 0.710. The van der Waals surface area contributed by atoms with Gasteiger partial charge in [0.15, 0.2) is 0 Å². The van der Waals surface area contributed by atoms with Crippen molar-refractivity contribution >= 4 is 23.2 Å². The number of benzene rings is 1. The molecule has 0 unspecified atom stereocenters. The average molecular weight is 260 g/mol. The average Bonchev–Trinajstić information content (AvgIpc) is 2.71. The Morgan fingerprint density at radius 2 is 2.12 bits per heavy atom. The number of rotatable bonds is 3. The van der Waals surface area contributed by atoms with Crippen LogP contribution in [0.3, 0.4) is 0 Å². The van der Waals surface area contributed by atoms with Gasteiger partial charge in [0.1, 0.15) is 6.61 Å². The van der Waals surface area contributed by atoms with Gasteiger partial charge in [0.25, 0.3) is 5.89 Å². The molecule has 1 heterocycles. The molecular weight excluding hydrogens is 253 g/mol. The summed E-state index contributed by atoms with van der Waals surface area (Å²) in [7, 11) is 0. The molecule has 0 spiro atoms. The van der Waals surface area contributed by atoms with Crippen LogP contribution in [0.25, 0.3) is 11.4 Å². The van der Waals surface area contributed by atoms with E-state index >= 15 is 0 Å². The lowest BCUT2D eigenvalue weighted by atomic mass is 10.2. The molecule has 0 aliphatic rings. The van der Waals surface area contributed by atoms with Crippen molar-refractivity contribution in [2.75, 3.05) is 0 Å². The third-order valence-corrected chi connectivity index (χ3v) is 2.59. The molecule has 1 aromatic carbocycles. The van der Waals surface area contributed by atoms with Crippen molar-refractivity contribution in [1.29, 1.82) is 0 Å². The summed E-state index contributed by atoms with van der Waals surface area (Å²) < 4.78 is 4.89. The summed E-state index contributed by atoms with van der Waals surface area (Å²) in [5.74, 6) is 5.59. The second-order valence-corrected chi connectivity index (χ2v) is 3.77. The van der Waals surface area contributed by atoms with E-state index in [2.05, 4.69) is 15.0 Å². The van der Waals surface area contributed by atoms with Gasteiger partial charge in [-0.25, -0.2) is 5.90 Å². The standard InChI is InChI=1S/C9H7Cl2N3O2/c10-6-2-1-5(3-7(6)11)9-13-8(4-15-12)16-14-9/h1-3H,4,12H2. The molecule has 1 aromatic heterocycles. The predicted molar refractivity (Wildman–Crippen MR) is 58.7 cm³/mol. The first-order valence-corrected chi connectivity index (χ1v) is 5.06. The van der Waals surface area contributed by atoms with Gasteiger partial charge in [0.2, 0.25) is 5.82 Å². The minimum Gasteiger partial charge on any atom is -0.336 e. The largest absolute Gasteiger partial charge is 0.336 e. The third-order valence-electron chi connectivity index (χ3n) is 1.85. The van der Waals surface area contributed by atoms with E-state index in [0.29, 0.717) is 27.3 Å². The smallest absolute Gasteiger partial charge is 0.255 e. The maximum atomic E-state index is 5.87. The van der Waals surface area contributed by atoms with Gasteiger partial charge in [-0.05, 0) is 18.2 Å². The van der Waals surface area contributed by atoms with Gasteiger partial charge in [-0.1, -0.05) is 28.4 Å². The van der Waals surface area contributed by atoms with Gasteiger partial charge in [-0.15, -0.1) is 0 Å². The number of nitrogens with two attached hydrogens (primary N) is 1. The molecule has 0 atom stereocenters. The molecule has 2 rings (SSSR count). The van der Waals surface area contributed by atoms with Crippen LogP contribution in [0, 0.1) is 0 Å². The lowest BCUT2D eigenvalue weighted by Gasteiger charge is -1.97. The first kappa shape index (κ1) is 11.3. The molecule has 5 nitrogen and oxygen atoms in total. The highest BCUT2D eigenvalue weighted by Crippen LogP contribution is 2.26. The van der Waals surface area contributed by atoms with E-state index in [4.69, 9.17) is 33.6 Å². The van der Waals surface area contributed by atoms with Gasteiger partial charge in [-0.3, -0.25) is 4.84 Å². The first-order chi connectivity index (χ1) is 7.70. The molecule has 2 aromatic rings. The molecule has 0 aliphatic heterocycles. The van der Waals surface area contributed by atoms with Crippen LogP contribution >= 0.6 is 23.2 Å². The van der Waals surface area contributed by atoms with E-state index in [9.17, 15) is 0 Å². The molecule has 0 amide bonds. The molecule has 2 N–H and O–H groups in total. The van der Waals surface area contributed by atoms with E-state index in [0.717, 1.165) is 0 Å². The molecular formula is C9H7Cl2N3O2. The summed E-state index contributed by atoms with van der Waals surface area (Å²) in [6.07, 6.45) is 0. The van der Waals surface area contributed by atoms with Gasteiger partial charge in [-0.2, -0.15) is 4.98 Å². The Morgan fingerprint density at radius 3 is 2.81 bits per heavy atom. The fourth-order valence-corrected chi connectivity index (χ4v) is 1.44. The predicted octanol–water partition coefficient (Wildman–Crippen LogP) is 2.43. The van der Waals surface area contributed by atoms with Crippen molar-refractivity contribution in [1.82, 2.24) is 10.1 Å². The van der Waals surface area contributed by atoms with Crippen LogP contribution in [0.15, 0.2) is 22.7 Å². The van der Waals surface area contributed by atoms with E-state index in [1.807, 2.05) is 0 Å². The zero-order valence-corrected chi connectivity index (χ0v) is 9.50. The molecule has 0 saturated carbocycles. The van der Waals surface area contributed by atoms with E-state index in [1.54, 1.807) is 18.2 Å². The van der Waals surface area contributed by atoms with Gasteiger partial charge < -0.3 is 4.52 Å². The Bertz CT molecular complexity index is 501. The number of hydrogen-bond donors (Lipinski definition) is 1. The zero-order valence-electron chi connectivity index (χ0n) is 7.98. The van der Waals surface area contributed by atoms with Crippen molar-refractivity contribution in [3.8, 4) is 11.4 Å². The maximum Gasteiger partial charge on any atom is 0.255 e. The Balaban J connectivity index is 2.31. The summed E-state index contributed by atoms with van der Waals surface area (Å²) in [5, 5.41) is 4.66. The van der Waals surface area contributed by atoms with Crippen LogP contribution in [-0.4, -0.2) is 10.1 Å². The molecule has 84 valence electrons. The van der Waals surface area contributed by atoms with Crippen LogP contribution in [0.2, 0.25) is 10.0 Å². The fourth-order valence-electron chi connectivity index (χ4n) is 1.14. The Hall–Kier alpha value is -1.14. The Kier molecular flexibility index (Phi) is 3.40. The molecule has 0 aliphatic carbocycles. The van der Waals surface area contributed by atoms with E-state index < -0.39 is 0 Å². The van der Waals surface area contributed by atoms with Gasteiger partial charge >= 0.3 is 0 Å². The molecule has 0 saturated heterocycles. The zero-order chi connectivity index (χ0) is 11.5. The minimum atomic E-state index is 0.0638. The van der Waals surface area contributed by atoms with E-state index in [-0.39, 0.29) is 6.61 Å². The molecule has 0 fully saturated rings. The quantitative estimate of drug-likeness (QED) is 0.858. The molecule has 0 bridgehead atoms. The summed E-state index contributed by atoms with van der Waals surface area (Å²) in [6, 6.07) is 5.06. The highest BCUT2D eigenvalue weighted by molar-refractivity contribution is 6.42. The first-order valence-electron chi connectivity index (χ1n) is 4.30. The summed E-state index contributed by atoms with van der Waals surface area (Å²) in [4.78, 5) is 8.43. The van der Waals surface area contributed by atoms with E-state index in [1.165, 1.54) is 0 Å². The van der Waals surface area contributed by atoms with Crippen LogP contribution in [0.4, 0.5) is 0 Å². The van der Waals surface area contributed by atoms with Crippen molar-refractivity contribution in [3.63, 3.8) is 0 Å². The molecule has 7 heteroatoms. The van der Waals surface area contributed by atoms with Crippen LogP contribution in [0.5, 0.6) is 0 Å². The lowest BCUT2D eigenvalue weighted by molar-refractivity contribution is 0.0996. The monoisotopic (exact) mass is 259 g/mol. The topological polar surface area (TPSA) is 74.2 Å². The molecule has 16 heavy (non-hydrogen) atoms. The normalized spacial score (nSPS) is 10.7. The van der Waals surface area contributed by atoms with Crippen molar-refractivity contribution in [3.05, 3.63) is 34.1 Å². The Morgan fingerprint density at radius 1 is 1.31 bits per heavy atom. The van der Waals surface area contributed by atoms with Gasteiger partial charge in [0, 0.05) is 5.56 Å². The number of halogens is 2. The number of aromatic nitrogens is 2. The number of nitrogens with zero attached hydrogens (tertiary/aromatic N) is 2.